The Morgan fingerprint density at radius 2 is 2.21 bits per heavy atom. The van der Waals surface area contributed by atoms with E-state index in [9.17, 15) is 10.0 Å². The third-order valence-corrected chi connectivity index (χ3v) is 2.96. The number of rotatable bonds is 1. The standard InChI is InChI=1S/C9H6INO3/c1-14-5-2-3-7-6(4-5)8(12)9(10)11(7)13/h2-4H,1H3. The van der Waals surface area contributed by atoms with Crippen molar-refractivity contribution in [2.45, 2.75) is 0 Å². The van der Waals surface area contributed by atoms with E-state index in [2.05, 4.69) is 0 Å². The summed E-state index contributed by atoms with van der Waals surface area (Å²) in [5.74, 6) is 0.339. The van der Waals surface area contributed by atoms with Crippen LogP contribution < -0.4 is 4.74 Å². The molecule has 5 heteroatoms. The van der Waals surface area contributed by atoms with Gasteiger partial charge in [0.1, 0.15) is 11.3 Å². The van der Waals surface area contributed by atoms with Crippen molar-refractivity contribution < 1.29 is 14.3 Å². The lowest BCUT2D eigenvalue weighted by molar-refractivity contribution is -0.351. The molecule has 0 saturated carbocycles. The van der Waals surface area contributed by atoms with E-state index in [1.54, 1.807) is 40.8 Å². The fourth-order valence-corrected chi connectivity index (χ4v) is 1.86. The molecule has 1 aromatic rings. The molecular formula is C9H6INO3. The Hall–Kier alpha value is -1.11. The molecule has 0 saturated heterocycles. The fourth-order valence-electron chi connectivity index (χ4n) is 1.31. The highest BCUT2D eigenvalue weighted by Crippen LogP contribution is 2.30. The third kappa shape index (κ3) is 1.19. The maximum Gasteiger partial charge on any atom is 0.301 e. The van der Waals surface area contributed by atoms with Crippen LogP contribution >= 0.6 is 22.6 Å². The van der Waals surface area contributed by atoms with Gasteiger partial charge in [-0.15, -0.1) is 0 Å². The van der Waals surface area contributed by atoms with Crippen molar-refractivity contribution in [3.8, 4) is 5.75 Å². The Bertz CT molecular complexity index is 453. The molecule has 14 heavy (non-hydrogen) atoms. The van der Waals surface area contributed by atoms with Gasteiger partial charge in [-0.1, -0.05) is 0 Å². The van der Waals surface area contributed by atoms with E-state index in [-0.39, 0.29) is 9.50 Å². The number of halogens is 1. The SMILES string of the molecule is COc1ccc2c(c1)C(=O)C(I)=[N+]2[O-]. The number of carbonyl (C=O) groups is 1. The first-order valence-electron chi connectivity index (χ1n) is 3.87. The van der Waals surface area contributed by atoms with Crippen molar-refractivity contribution in [1.82, 2.24) is 0 Å². The van der Waals surface area contributed by atoms with E-state index in [1.165, 1.54) is 7.11 Å². The number of methoxy groups -OCH3 is 1. The fraction of sp³-hybridized carbons (Fsp3) is 0.111. The molecule has 1 aliphatic rings. The zero-order valence-corrected chi connectivity index (χ0v) is 9.44. The van der Waals surface area contributed by atoms with Gasteiger partial charge < -0.3 is 9.94 Å². The lowest BCUT2D eigenvalue weighted by Crippen LogP contribution is -2.05. The van der Waals surface area contributed by atoms with Gasteiger partial charge in [-0.3, -0.25) is 4.79 Å². The smallest absolute Gasteiger partial charge is 0.301 e. The third-order valence-electron chi connectivity index (χ3n) is 2.03. The summed E-state index contributed by atoms with van der Waals surface area (Å²) in [5, 5.41) is 11.4. The number of fused-ring (bicyclic) bond motifs is 1. The van der Waals surface area contributed by atoms with E-state index in [0.29, 0.717) is 21.7 Å². The van der Waals surface area contributed by atoms with Gasteiger partial charge in [0, 0.05) is 28.7 Å². The summed E-state index contributed by atoms with van der Waals surface area (Å²) >= 11 is 1.74. The molecule has 0 N–H and O–H groups in total. The van der Waals surface area contributed by atoms with Crippen LogP contribution in [0.4, 0.5) is 5.69 Å². The molecule has 1 aliphatic heterocycles. The maximum absolute atomic E-state index is 11.5. The molecule has 0 amide bonds. The summed E-state index contributed by atoms with van der Waals surface area (Å²) in [6.07, 6.45) is 0. The quantitative estimate of drug-likeness (QED) is 0.452. The van der Waals surface area contributed by atoms with E-state index in [0.717, 1.165) is 0 Å². The van der Waals surface area contributed by atoms with E-state index >= 15 is 0 Å². The molecule has 0 bridgehead atoms. The lowest BCUT2D eigenvalue weighted by Gasteiger charge is -2.01. The van der Waals surface area contributed by atoms with E-state index < -0.39 is 0 Å². The molecule has 0 atom stereocenters. The number of hydrogen-bond acceptors (Lipinski definition) is 3. The summed E-state index contributed by atoms with van der Waals surface area (Å²) in [6, 6.07) is 4.82. The molecule has 2 rings (SSSR count). The van der Waals surface area contributed by atoms with Crippen molar-refractivity contribution >= 4 is 37.8 Å². The van der Waals surface area contributed by atoms with Crippen LogP contribution in [0.25, 0.3) is 0 Å². The Balaban J connectivity index is 2.61. The Kier molecular flexibility index (Phi) is 2.18. The van der Waals surface area contributed by atoms with Crippen LogP contribution in [0.2, 0.25) is 0 Å². The number of nitrogens with zero attached hydrogens (tertiary/aromatic N) is 1. The van der Waals surface area contributed by atoms with Crippen LogP contribution in [0.3, 0.4) is 0 Å². The predicted molar refractivity (Wildman–Crippen MR) is 59.6 cm³/mol. The molecule has 0 radical (unpaired) electrons. The molecule has 0 unspecified atom stereocenters. The highest BCUT2D eigenvalue weighted by molar-refractivity contribution is 14.1. The van der Waals surface area contributed by atoms with Gasteiger partial charge in [-0.25, -0.2) is 0 Å². The zero-order valence-electron chi connectivity index (χ0n) is 7.28. The molecule has 1 heterocycles. The molecule has 72 valence electrons. The van der Waals surface area contributed by atoms with Gasteiger partial charge in [0.25, 0.3) is 5.78 Å². The van der Waals surface area contributed by atoms with Crippen molar-refractivity contribution in [2.75, 3.05) is 7.11 Å². The average Bonchev–Trinajstić information content (AvgIpc) is 2.44. The molecule has 4 nitrogen and oxygen atoms in total. The van der Waals surface area contributed by atoms with Gasteiger partial charge in [0.15, 0.2) is 0 Å². The molecule has 1 aromatic carbocycles. The number of hydrogen-bond donors (Lipinski definition) is 0. The summed E-state index contributed by atoms with van der Waals surface area (Å²) in [6.45, 7) is 0. The second kappa shape index (κ2) is 3.23. The molecule has 0 aliphatic carbocycles. The van der Waals surface area contributed by atoms with Crippen molar-refractivity contribution in [1.29, 1.82) is 0 Å². The molecule has 0 spiro atoms. The van der Waals surface area contributed by atoms with E-state index in [4.69, 9.17) is 4.74 Å². The second-order valence-corrected chi connectivity index (χ2v) is 3.82. The minimum atomic E-state index is -0.241. The van der Waals surface area contributed by atoms with E-state index in [1.807, 2.05) is 0 Å². The van der Waals surface area contributed by atoms with Crippen LogP contribution in [-0.2, 0) is 0 Å². The normalized spacial score (nSPS) is 14.6. The number of carbonyl (C=O) groups excluding carboxylic acids is 1. The van der Waals surface area contributed by atoms with Gasteiger partial charge in [0.05, 0.1) is 7.11 Å². The van der Waals surface area contributed by atoms with Crippen molar-refractivity contribution in [3.05, 3.63) is 29.0 Å². The monoisotopic (exact) mass is 303 g/mol. The van der Waals surface area contributed by atoms with Crippen molar-refractivity contribution in [2.24, 2.45) is 0 Å². The number of ether oxygens (including phenoxy) is 1. The van der Waals surface area contributed by atoms with Gasteiger partial charge in [-0.2, -0.15) is 4.74 Å². The Labute approximate surface area is 93.9 Å². The first kappa shape index (κ1) is 9.45. The van der Waals surface area contributed by atoms with Crippen LogP contribution in [0.5, 0.6) is 5.75 Å². The minimum Gasteiger partial charge on any atom is -0.617 e. The lowest BCUT2D eigenvalue weighted by atomic mass is 10.1. The zero-order chi connectivity index (χ0) is 10.3. The first-order valence-corrected chi connectivity index (χ1v) is 4.95. The highest BCUT2D eigenvalue weighted by Gasteiger charge is 2.33. The number of ketones is 1. The maximum atomic E-state index is 11.5. The summed E-state index contributed by atoms with van der Waals surface area (Å²) < 4.78 is 5.78. The summed E-state index contributed by atoms with van der Waals surface area (Å²) in [4.78, 5) is 11.5. The van der Waals surface area contributed by atoms with Crippen LogP contribution in [0, 0.1) is 5.21 Å². The first-order chi connectivity index (χ1) is 6.65. The summed E-state index contributed by atoms with van der Waals surface area (Å²) in [5.41, 5.74) is 0.795. The van der Waals surface area contributed by atoms with Gasteiger partial charge >= 0.3 is 3.72 Å². The van der Waals surface area contributed by atoms with Crippen LogP contribution in [-0.4, -0.2) is 21.4 Å². The van der Waals surface area contributed by atoms with Crippen LogP contribution in [0.15, 0.2) is 18.2 Å². The summed E-state index contributed by atoms with van der Waals surface area (Å²) in [7, 11) is 1.52. The highest BCUT2D eigenvalue weighted by atomic mass is 127. The van der Waals surface area contributed by atoms with Gasteiger partial charge in [0.2, 0.25) is 5.69 Å². The molecule has 0 aromatic heterocycles. The minimum absolute atomic E-state index is 0.172. The number of benzene rings is 1. The number of Topliss-reactive ketones (excluding diaryl/α,β-unsaturated/α-hetero) is 1. The van der Waals surface area contributed by atoms with Crippen LogP contribution in [0.1, 0.15) is 10.4 Å². The Morgan fingerprint density at radius 3 is 2.86 bits per heavy atom. The average molecular weight is 303 g/mol. The Morgan fingerprint density at radius 1 is 1.50 bits per heavy atom. The second-order valence-electron chi connectivity index (χ2n) is 2.80. The van der Waals surface area contributed by atoms with Gasteiger partial charge in [-0.05, 0) is 12.1 Å². The van der Waals surface area contributed by atoms with Crippen molar-refractivity contribution in [3.63, 3.8) is 0 Å². The topological polar surface area (TPSA) is 52.4 Å². The molecular weight excluding hydrogens is 297 g/mol. The predicted octanol–water partition coefficient (Wildman–Crippen LogP) is 1.87. The largest absolute Gasteiger partial charge is 0.617 e. The molecule has 0 fully saturated rings.